The van der Waals surface area contributed by atoms with Crippen LogP contribution in [0.4, 0.5) is 5.69 Å². The van der Waals surface area contributed by atoms with Gasteiger partial charge in [-0.25, -0.2) is 4.85 Å². The molecule has 1 aromatic rings. The Morgan fingerprint density at radius 3 is 1.70 bits per heavy atom. The lowest BCUT2D eigenvalue weighted by Crippen LogP contribution is -2.43. The third kappa shape index (κ3) is 3.32. The molecule has 0 radical (unpaired) electrons. The van der Waals surface area contributed by atoms with Gasteiger partial charge in [0.05, 0.1) is 6.57 Å². The molecular weight excluding hydrogens is 258 g/mol. The van der Waals surface area contributed by atoms with Gasteiger partial charge in [-0.3, -0.25) is 0 Å². The summed E-state index contributed by atoms with van der Waals surface area (Å²) in [6.07, 6.45) is 0. The van der Waals surface area contributed by atoms with E-state index < -0.39 is 8.07 Å². The third-order valence-electron chi connectivity index (χ3n) is 4.29. The van der Waals surface area contributed by atoms with Gasteiger partial charge in [-0.15, -0.1) is 5.54 Å². The first-order chi connectivity index (χ1) is 9.34. The molecule has 1 rings (SSSR count). The minimum absolute atomic E-state index is 0.650. The summed E-state index contributed by atoms with van der Waals surface area (Å²) in [5.41, 5.74) is 7.35. The second kappa shape index (κ2) is 6.78. The summed E-state index contributed by atoms with van der Waals surface area (Å²) in [6, 6.07) is 7.61. The Kier molecular flexibility index (Phi) is 5.60. The Morgan fingerprint density at radius 2 is 1.35 bits per heavy atom. The standard InChI is InChI=1S/C18H25NSi/c1-14(2)20(15(3)4,16(5)6)13-12-17-8-10-18(19-7)11-9-17/h8-11,14-16H,1-6H3. The zero-order valence-electron chi connectivity index (χ0n) is 13.5. The van der Waals surface area contributed by atoms with Crippen molar-refractivity contribution in [1.82, 2.24) is 0 Å². The molecule has 2 heteroatoms. The van der Waals surface area contributed by atoms with Gasteiger partial charge in [-0.2, -0.15) is 0 Å². The molecule has 0 spiro atoms. The van der Waals surface area contributed by atoms with Gasteiger partial charge in [0, 0.05) is 5.56 Å². The third-order valence-corrected chi connectivity index (χ3v) is 10.6. The zero-order chi connectivity index (χ0) is 15.3. The molecule has 0 fully saturated rings. The van der Waals surface area contributed by atoms with E-state index in [9.17, 15) is 0 Å². The van der Waals surface area contributed by atoms with Crippen molar-refractivity contribution in [1.29, 1.82) is 0 Å². The summed E-state index contributed by atoms with van der Waals surface area (Å²) in [7, 11) is -1.65. The molecular formula is C18H25NSi. The number of hydrogen-bond donors (Lipinski definition) is 0. The molecule has 20 heavy (non-hydrogen) atoms. The Bertz CT molecular complexity index is 514. The average Bonchev–Trinajstić information content (AvgIpc) is 2.38. The van der Waals surface area contributed by atoms with Gasteiger partial charge in [0.2, 0.25) is 0 Å². The quantitative estimate of drug-likeness (QED) is 0.375. The van der Waals surface area contributed by atoms with Gasteiger partial charge >= 0.3 is 0 Å². The molecule has 0 bridgehead atoms. The van der Waals surface area contributed by atoms with E-state index in [-0.39, 0.29) is 0 Å². The smallest absolute Gasteiger partial charge is 0.187 e. The second-order valence-electron chi connectivity index (χ2n) is 6.31. The largest absolute Gasteiger partial charge is 0.238 e. The molecule has 0 aromatic heterocycles. The summed E-state index contributed by atoms with van der Waals surface area (Å²) in [5, 5.41) is 0. The van der Waals surface area contributed by atoms with Crippen molar-refractivity contribution in [2.45, 2.75) is 58.2 Å². The van der Waals surface area contributed by atoms with E-state index >= 15 is 0 Å². The van der Waals surface area contributed by atoms with Gasteiger partial charge < -0.3 is 0 Å². The lowest BCUT2D eigenvalue weighted by Gasteiger charge is -2.38. The molecule has 0 aliphatic rings. The fourth-order valence-electron chi connectivity index (χ4n) is 3.23. The fourth-order valence-corrected chi connectivity index (χ4v) is 8.46. The van der Waals surface area contributed by atoms with Gasteiger partial charge in [-0.05, 0) is 16.6 Å². The number of benzene rings is 1. The fraction of sp³-hybridized carbons (Fsp3) is 0.500. The van der Waals surface area contributed by atoms with E-state index in [4.69, 9.17) is 6.57 Å². The van der Waals surface area contributed by atoms with Crippen LogP contribution in [0, 0.1) is 18.0 Å². The van der Waals surface area contributed by atoms with Crippen molar-refractivity contribution >= 4 is 13.8 Å². The summed E-state index contributed by atoms with van der Waals surface area (Å²) >= 11 is 0. The first-order valence-electron chi connectivity index (χ1n) is 7.35. The summed E-state index contributed by atoms with van der Waals surface area (Å²) in [4.78, 5) is 3.42. The predicted molar refractivity (Wildman–Crippen MR) is 90.6 cm³/mol. The Morgan fingerprint density at radius 1 is 0.900 bits per heavy atom. The van der Waals surface area contributed by atoms with Crippen LogP contribution in [0.3, 0.4) is 0 Å². The molecule has 0 aliphatic carbocycles. The highest BCUT2D eigenvalue weighted by Gasteiger charge is 2.41. The van der Waals surface area contributed by atoms with Gasteiger partial charge in [0.15, 0.2) is 5.69 Å². The SMILES string of the molecule is [C-]#[N+]c1ccc(C#C[Si](C(C)C)(C(C)C)C(C)C)cc1. The lowest BCUT2D eigenvalue weighted by molar-refractivity contribution is 0.838. The maximum Gasteiger partial charge on any atom is 0.187 e. The molecule has 0 atom stereocenters. The highest BCUT2D eigenvalue weighted by molar-refractivity contribution is 6.90. The maximum atomic E-state index is 6.98. The zero-order valence-corrected chi connectivity index (χ0v) is 14.5. The Balaban J connectivity index is 3.20. The first-order valence-corrected chi connectivity index (χ1v) is 9.58. The minimum Gasteiger partial charge on any atom is -0.238 e. The normalized spacial score (nSPS) is 11.4. The van der Waals surface area contributed by atoms with E-state index in [0.29, 0.717) is 22.3 Å². The summed E-state index contributed by atoms with van der Waals surface area (Å²) in [6.45, 7) is 20.9. The van der Waals surface area contributed by atoms with Crippen LogP contribution in [0.15, 0.2) is 24.3 Å². The van der Waals surface area contributed by atoms with E-state index in [1.165, 1.54) is 0 Å². The van der Waals surface area contributed by atoms with Crippen LogP contribution in [0.2, 0.25) is 16.6 Å². The van der Waals surface area contributed by atoms with Crippen molar-refractivity contribution in [3.05, 3.63) is 41.2 Å². The van der Waals surface area contributed by atoms with Crippen LogP contribution in [-0.4, -0.2) is 8.07 Å². The molecule has 0 N–H and O–H groups in total. The topological polar surface area (TPSA) is 4.36 Å². The van der Waals surface area contributed by atoms with Crippen molar-refractivity contribution in [2.24, 2.45) is 0 Å². The predicted octanol–water partition coefficient (Wildman–Crippen LogP) is 5.81. The van der Waals surface area contributed by atoms with Crippen LogP contribution in [0.1, 0.15) is 47.1 Å². The molecule has 0 aliphatic heterocycles. The van der Waals surface area contributed by atoms with Crippen molar-refractivity contribution < 1.29 is 0 Å². The van der Waals surface area contributed by atoms with E-state index in [0.717, 1.165) is 5.56 Å². The van der Waals surface area contributed by atoms with Crippen LogP contribution in [-0.2, 0) is 0 Å². The second-order valence-corrected chi connectivity index (χ2v) is 11.9. The molecule has 0 saturated carbocycles. The molecule has 106 valence electrons. The monoisotopic (exact) mass is 283 g/mol. The highest BCUT2D eigenvalue weighted by Crippen LogP contribution is 2.40. The molecule has 0 amide bonds. The summed E-state index contributed by atoms with van der Waals surface area (Å²) in [5.74, 6) is 3.39. The first kappa shape index (κ1) is 16.5. The van der Waals surface area contributed by atoms with Gasteiger partial charge in [0.1, 0.15) is 8.07 Å². The average molecular weight is 283 g/mol. The minimum atomic E-state index is -1.65. The number of hydrogen-bond acceptors (Lipinski definition) is 0. The van der Waals surface area contributed by atoms with Crippen LogP contribution >= 0.6 is 0 Å². The van der Waals surface area contributed by atoms with E-state index in [2.05, 4.69) is 57.9 Å². The molecule has 1 nitrogen and oxygen atoms in total. The lowest BCUT2D eigenvalue weighted by atomic mass is 10.2. The number of nitrogens with zero attached hydrogens (tertiary/aromatic N) is 1. The van der Waals surface area contributed by atoms with Gasteiger partial charge in [-0.1, -0.05) is 71.7 Å². The van der Waals surface area contributed by atoms with Crippen molar-refractivity contribution in [3.8, 4) is 11.5 Å². The van der Waals surface area contributed by atoms with Gasteiger partial charge in [0.25, 0.3) is 0 Å². The number of rotatable bonds is 3. The Hall–Kier alpha value is -1.51. The highest BCUT2D eigenvalue weighted by atomic mass is 28.3. The molecule has 0 heterocycles. The summed E-state index contributed by atoms with van der Waals surface area (Å²) < 4.78 is 0. The van der Waals surface area contributed by atoms with Crippen LogP contribution < -0.4 is 0 Å². The van der Waals surface area contributed by atoms with E-state index in [1.807, 2.05) is 24.3 Å². The molecule has 0 saturated heterocycles. The van der Waals surface area contributed by atoms with Crippen LogP contribution in [0.25, 0.3) is 4.85 Å². The molecule has 0 unspecified atom stereocenters. The van der Waals surface area contributed by atoms with Crippen LogP contribution in [0.5, 0.6) is 0 Å². The Labute approximate surface area is 125 Å². The molecule has 1 aromatic carbocycles. The van der Waals surface area contributed by atoms with E-state index in [1.54, 1.807) is 0 Å². The van der Waals surface area contributed by atoms with Crippen molar-refractivity contribution in [3.63, 3.8) is 0 Å². The van der Waals surface area contributed by atoms with Crippen molar-refractivity contribution in [2.75, 3.05) is 0 Å². The maximum absolute atomic E-state index is 6.98.